The molecule has 1 amide bonds. The van der Waals surface area contributed by atoms with Crippen molar-refractivity contribution < 1.29 is 26.7 Å². The molecule has 4 heterocycles. The van der Waals surface area contributed by atoms with E-state index in [2.05, 4.69) is 24.9 Å². The van der Waals surface area contributed by atoms with Crippen molar-refractivity contribution in [3.63, 3.8) is 0 Å². The number of nitrogens with one attached hydrogen (secondary N) is 2. The molecule has 1 saturated heterocycles. The number of anilines is 4. The van der Waals surface area contributed by atoms with Crippen LogP contribution in [0.1, 0.15) is 20.8 Å². The van der Waals surface area contributed by atoms with E-state index in [-0.39, 0.29) is 32.4 Å². The molecule has 1 fully saturated rings. The van der Waals surface area contributed by atoms with Gasteiger partial charge in [-0.05, 0) is 69.3 Å². The van der Waals surface area contributed by atoms with E-state index in [1.54, 1.807) is 27.9 Å². The van der Waals surface area contributed by atoms with Crippen LogP contribution in [0, 0.1) is 11.6 Å². The first kappa shape index (κ1) is 36.1. The Morgan fingerprint density at radius 1 is 0.906 bits per heavy atom. The van der Waals surface area contributed by atoms with Crippen LogP contribution in [0.15, 0.2) is 78.2 Å². The predicted octanol–water partition coefficient (Wildman–Crippen LogP) is 7.55. The van der Waals surface area contributed by atoms with Crippen LogP contribution in [0.25, 0.3) is 27.9 Å². The fourth-order valence-corrected chi connectivity index (χ4v) is 7.65. The molecular formula is C35H31Cl2F2N9O4S. The van der Waals surface area contributed by atoms with E-state index < -0.39 is 38.6 Å². The number of para-hydroxylation sites is 1. The van der Waals surface area contributed by atoms with Crippen molar-refractivity contribution in [1.82, 2.24) is 29.4 Å². The first-order valence-corrected chi connectivity index (χ1v) is 18.5. The number of hydrogen-bond donors (Lipinski definition) is 2. The standard InChI is InChI=1S/C35H31Cl2F2N9O4S/c1-35(2,3)52-34(49)47-16-14-46(15-17-47)24-7-5-8-25-32(24)42-19-48(25)27-13-12-23-31(43-27)33(41-18-40-23)44-30-21(38)10-11-22(29(30)39)45-53(50,51)26-9-4-6-20(36)28(26)37/h4-13,18-19,45H,14-17H2,1-3H3,(H,40,41,44). The summed E-state index contributed by atoms with van der Waals surface area (Å²) in [4.78, 5) is 34.0. The van der Waals surface area contributed by atoms with E-state index in [4.69, 9.17) is 37.9 Å². The SMILES string of the molecule is CC(C)(C)OC(=O)N1CCN(c2cccc3c2ncn3-c2ccc3ncnc(Nc4c(F)ccc(NS(=O)(=O)c5cccc(Cl)c5Cl)c4F)c3n2)CC1. The fraction of sp³-hybridized carbons (Fsp3) is 0.229. The van der Waals surface area contributed by atoms with E-state index in [0.29, 0.717) is 43.0 Å². The van der Waals surface area contributed by atoms with Crippen LogP contribution in [0.2, 0.25) is 10.0 Å². The van der Waals surface area contributed by atoms with Gasteiger partial charge < -0.3 is 19.9 Å². The van der Waals surface area contributed by atoms with Gasteiger partial charge in [-0.25, -0.2) is 41.9 Å². The largest absolute Gasteiger partial charge is 0.444 e. The van der Waals surface area contributed by atoms with Crippen molar-refractivity contribution in [2.45, 2.75) is 31.3 Å². The van der Waals surface area contributed by atoms with Crippen molar-refractivity contribution >= 4 is 84.3 Å². The topological polar surface area (TPSA) is 147 Å². The number of aromatic nitrogens is 5. The fourth-order valence-electron chi connectivity index (χ4n) is 5.83. The molecule has 0 unspecified atom stereocenters. The maximum absolute atomic E-state index is 15.8. The van der Waals surface area contributed by atoms with Crippen molar-refractivity contribution in [3.05, 3.63) is 95.0 Å². The van der Waals surface area contributed by atoms with Gasteiger partial charge in [-0.3, -0.25) is 9.29 Å². The second-order valence-corrected chi connectivity index (χ2v) is 15.5. The number of amides is 1. The normalized spacial score (nSPS) is 13.8. The summed E-state index contributed by atoms with van der Waals surface area (Å²) < 4.78 is 66.6. The number of piperazine rings is 1. The lowest BCUT2D eigenvalue weighted by Crippen LogP contribution is -2.50. The predicted molar refractivity (Wildman–Crippen MR) is 199 cm³/mol. The van der Waals surface area contributed by atoms with Gasteiger partial charge >= 0.3 is 6.09 Å². The zero-order valence-corrected chi connectivity index (χ0v) is 30.8. The average molecular weight is 783 g/mol. The zero-order chi connectivity index (χ0) is 37.7. The molecule has 0 atom stereocenters. The molecule has 6 aromatic rings. The van der Waals surface area contributed by atoms with Gasteiger partial charge in [0.25, 0.3) is 10.0 Å². The minimum Gasteiger partial charge on any atom is -0.444 e. The summed E-state index contributed by atoms with van der Waals surface area (Å²) in [7, 11) is -4.42. The second-order valence-electron chi connectivity index (χ2n) is 13.0. The van der Waals surface area contributed by atoms with Crippen LogP contribution in [-0.4, -0.2) is 75.7 Å². The number of sulfonamides is 1. The third-order valence-corrected chi connectivity index (χ3v) is 10.7. The number of pyridine rings is 1. The van der Waals surface area contributed by atoms with Crippen LogP contribution < -0.4 is 14.9 Å². The van der Waals surface area contributed by atoms with Gasteiger partial charge in [0.15, 0.2) is 11.6 Å². The van der Waals surface area contributed by atoms with E-state index in [9.17, 15) is 13.2 Å². The summed E-state index contributed by atoms with van der Waals surface area (Å²) in [5.74, 6) is -1.88. The number of carbonyl (C=O) groups is 1. The molecule has 274 valence electrons. The molecule has 0 spiro atoms. The molecule has 1 aliphatic rings. The number of carbonyl (C=O) groups excluding carboxylic acids is 1. The maximum atomic E-state index is 15.8. The number of nitrogens with zero attached hydrogens (tertiary/aromatic N) is 7. The number of fused-ring (bicyclic) bond motifs is 2. The van der Waals surface area contributed by atoms with Gasteiger partial charge in [-0.1, -0.05) is 35.3 Å². The highest BCUT2D eigenvalue weighted by molar-refractivity contribution is 7.92. The van der Waals surface area contributed by atoms with Crippen LogP contribution >= 0.6 is 23.2 Å². The lowest BCUT2D eigenvalue weighted by molar-refractivity contribution is 0.0240. The lowest BCUT2D eigenvalue weighted by Gasteiger charge is -2.36. The number of benzene rings is 3. The molecule has 0 radical (unpaired) electrons. The highest BCUT2D eigenvalue weighted by atomic mass is 35.5. The Hall–Kier alpha value is -5.32. The third kappa shape index (κ3) is 7.21. The van der Waals surface area contributed by atoms with E-state index >= 15 is 8.78 Å². The summed E-state index contributed by atoms with van der Waals surface area (Å²) in [5.41, 5.74) is 1.07. The van der Waals surface area contributed by atoms with E-state index in [1.807, 2.05) is 39.0 Å². The number of hydrogen-bond acceptors (Lipinski definition) is 10. The zero-order valence-electron chi connectivity index (χ0n) is 28.4. The van der Waals surface area contributed by atoms with Gasteiger partial charge in [0.2, 0.25) is 0 Å². The number of ether oxygens (including phenoxy) is 1. The average Bonchev–Trinajstić information content (AvgIpc) is 3.56. The molecule has 7 rings (SSSR count). The highest BCUT2D eigenvalue weighted by Gasteiger charge is 2.28. The summed E-state index contributed by atoms with van der Waals surface area (Å²) in [5, 5.41) is 2.37. The van der Waals surface area contributed by atoms with Crippen molar-refractivity contribution in [2.24, 2.45) is 0 Å². The van der Waals surface area contributed by atoms with Crippen molar-refractivity contribution in [3.8, 4) is 5.82 Å². The molecule has 0 bridgehead atoms. The second kappa shape index (κ2) is 13.9. The number of halogens is 4. The molecule has 0 saturated carbocycles. The molecular weight excluding hydrogens is 751 g/mol. The molecule has 3 aromatic heterocycles. The van der Waals surface area contributed by atoms with E-state index in [0.717, 1.165) is 23.3 Å². The Kier molecular flexibility index (Phi) is 9.46. The molecule has 53 heavy (non-hydrogen) atoms. The minimum atomic E-state index is -4.42. The summed E-state index contributed by atoms with van der Waals surface area (Å²) in [6, 6.07) is 15.0. The van der Waals surface area contributed by atoms with Crippen molar-refractivity contribution in [1.29, 1.82) is 0 Å². The molecule has 1 aliphatic heterocycles. The minimum absolute atomic E-state index is 0.0155. The van der Waals surface area contributed by atoms with Gasteiger partial charge in [0, 0.05) is 26.2 Å². The smallest absolute Gasteiger partial charge is 0.410 e. The quantitative estimate of drug-likeness (QED) is 0.166. The first-order valence-electron chi connectivity index (χ1n) is 16.2. The maximum Gasteiger partial charge on any atom is 0.410 e. The van der Waals surface area contributed by atoms with Gasteiger partial charge in [-0.15, -0.1) is 0 Å². The number of rotatable bonds is 7. The summed E-state index contributed by atoms with van der Waals surface area (Å²) in [6.45, 7) is 7.64. The Bertz CT molecular complexity index is 2510. The number of imidazole rings is 1. The molecule has 13 nitrogen and oxygen atoms in total. The lowest BCUT2D eigenvalue weighted by atomic mass is 10.2. The van der Waals surface area contributed by atoms with Gasteiger partial charge in [0.1, 0.15) is 51.5 Å². The van der Waals surface area contributed by atoms with Crippen LogP contribution in [0.3, 0.4) is 0 Å². The Morgan fingerprint density at radius 2 is 1.66 bits per heavy atom. The third-order valence-electron chi connectivity index (χ3n) is 8.33. The Labute approximate surface area is 312 Å². The van der Waals surface area contributed by atoms with Gasteiger partial charge in [0.05, 0.1) is 32.5 Å². The van der Waals surface area contributed by atoms with Crippen LogP contribution in [0.5, 0.6) is 0 Å². The molecule has 18 heteroatoms. The van der Waals surface area contributed by atoms with Crippen LogP contribution in [-0.2, 0) is 14.8 Å². The van der Waals surface area contributed by atoms with Gasteiger partial charge in [-0.2, -0.15) is 0 Å². The molecule has 0 aliphatic carbocycles. The summed E-state index contributed by atoms with van der Waals surface area (Å²) in [6.07, 6.45) is 2.48. The van der Waals surface area contributed by atoms with Crippen LogP contribution in [0.4, 0.5) is 36.5 Å². The molecule has 2 N–H and O–H groups in total. The Morgan fingerprint density at radius 3 is 2.42 bits per heavy atom. The molecule has 3 aromatic carbocycles. The van der Waals surface area contributed by atoms with E-state index in [1.165, 1.54) is 24.5 Å². The highest BCUT2D eigenvalue weighted by Crippen LogP contribution is 2.35. The monoisotopic (exact) mass is 781 g/mol. The summed E-state index contributed by atoms with van der Waals surface area (Å²) >= 11 is 12.1. The first-order chi connectivity index (χ1) is 25.2. The Balaban J connectivity index is 1.17. The van der Waals surface area contributed by atoms with Crippen molar-refractivity contribution in [2.75, 3.05) is 41.1 Å².